The molecule has 0 aromatic heterocycles. The third kappa shape index (κ3) is 3.93. The van der Waals surface area contributed by atoms with Gasteiger partial charge in [-0.2, -0.15) is 0 Å². The van der Waals surface area contributed by atoms with Gasteiger partial charge in [0.25, 0.3) is 0 Å². The van der Waals surface area contributed by atoms with Gasteiger partial charge >= 0.3 is 5.97 Å². The number of rotatable bonds is 6. The Morgan fingerprint density at radius 1 is 1.23 bits per heavy atom. The topological polar surface area (TPSA) is 48.0 Å². The third-order valence-electron chi connectivity index (χ3n) is 3.87. The van der Waals surface area contributed by atoms with Crippen molar-refractivity contribution >= 4 is 5.97 Å². The summed E-state index contributed by atoms with van der Waals surface area (Å²) in [6.45, 7) is 1.86. The highest BCUT2D eigenvalue weighted by atomic mass is 16.5. The molecular weight excluding hydrogens is 282 g/mol. The summed E-state index contributed by atoms with van der Waals surface area (Å²) >= 11 is 0. The molecule has 22 heavy (non-hydrogen) atoms. The molecule has 0 radical (unpaired) electrons. The lowest BCUT2D eigenvalue weighted by Crippen LogP contribution is -2.21. The lowest BCUT2D eigenvalue weighted by atomic mass is 10.1. The molecule has 1 aliphatic heterocycles. The molecule has 0 aliphatic carbocycles. The van der Waals surface area contributed by atoms with Crippen LogP contribution in [0.5, 0.6) is 11.5 Å². The molecule has 0 N–H and O–H groups in total. The second-order valence-corrected chi connectivity index (χ2v) is 5.19. The summed E-state index contributed by atoms with van der Waals surface area (Å²) in [4.78, 5) is 13.6. The summed E-state index contributed by atoms with van der Waals surface area (Å²) in [6.07, 6.45) is 4.50. The van der Waals surface area contributed by atoms with Gasteiger partial charge in [-0.15, -0.1) is 0 Å². The van der Waals surface area contributed by atoms with Gasteiger partial charge in [0.1, 0.15) is 0 Å². The van der Waals surface area contributed by atoms with Gasteiger partial charge < -0.3 is 19.1 Å². The molecule has 1 saturated heterocycles. The summed E-state index contributed by atoms with van der Waals surface area (Å²) < 4.78 is 15.3. The molecule has 1 aliphatic rings. The average Bonchev–Trinajstić information content (AvgIpc) is 2.99. The second kappa shape index (κ2) is 7.73. The van der Waals surface area contributed by atoms with Crippen molar-refractivity contribution < 1.29 is 19.0 Å². The van der Waals surface area contributed by atoms with Crippen LogP contribution in [0, 0.1) is 0 Å². The summed E-state index contributed by atoms with van der Waals surface area (Å²) in [6, 6.07) is 5.96. The van der Waals surface area contributed by atoms with Crippen LogP contribution in [-0.2, 0) is 16.0 Å². The van der Waals surface area contributed by atoms with Crippen molar-refractivity contribution in [3.8, 4) is 11.5 Å². The molecule has 0 saturated carbocycles. The number of hydrogen-bond donors (Lipinski definition) is 0. The maximum atomic E-state index is 11.4. The van der Waals surface area contributed by atoms with E-state index in [1.54, 1.807) is 20.3 Å². The van der Waals surface area contributed by atoms with E-state index in [4.69, 9.17) is 14.2 Å². The quantitative estimate of drug-likeness (QED) is 0.596. The molecule has 0 amide bonds. The standard InChI is InChI=1S/C17H23NO4/c1-20-15-7-6-13(11-16(15)21-2)8-10-18-9-4-5-14(18)12-17(19)22-3/h6-7,11-12H,4-5,8-10H2,1-3H3. The van der Waals surface area contributed by atoms with E-state index < -0.39 is 0 Å². The minimum absolute atomic E-state index is 0.284. The van der Waals surface area contributed by atoms with Gasteiger partial charge in [0.15, 0.2) is 11.5 Å². The van der Waals surface area contributed by atoms with Crippen LogP contribution >= 0.6 is 0 Å². The van der Waals surface area contributed by atoms with E-state index in [2.05, 4.69) is 4.90 Å². The molecule has 5 heteroatoms. The molecule has 0 unspecified atom stereocenters. The highest BCUT2D eigenvalue weighted by Crippen LogP contribution is 2.28. The fraction of sp³-hybridized carbons (Fsp3) is 0.471. The van der Waals surface area contributed by atoms with Crippen LogP contribution in [0.1, 0.15) is 18.4 Å². The number of ether oxygens (including phenoxy) is 3. The maximum Gasteiger partial charge on any atom is 0.332 e. The fourth-order valence-electron chi connectivity index (χ4n) is 2.67. The second-order valence-electron chi connectivity index (χ2n) is 5.19. The highest BCUT2D eigenvalue weighted by molar-refractivity contribution is 5.82. The van der Waals surface area contributed by atoms with Gasteiger partial charge in [-0.25, -0.2) is 4.79 Å². The number of hydrogen-bond acceptors (Lipinski definition) is 5. The fourth-order valence-corrected chi connectivity index (χ4v) is 2.67. The number of nitrogens with zero attached hydrogens (tertiary/aromatic N) is 1. The largest absolute Gasteiger partial charge is 0.493 e. The first-order valence-electron chi connectivity index (χ1n) is 7.42. The van der Waals surface area contributed by atoms with Gasteiger partial charge in [0.2, 0.25) is 0 Å². The molecule has 0 spiro atoms. The van der Waals surface area contributed by atoms with Crippen molar-refractivity contribution in [1.82, 2.24) is 4.90 Å². The van der Waals surface area contributed by atoms with E-state index in [0.29, 0.717) is 0 Å². The van der Waals surface area contributed by atoms with Crippen molar-refractivity contribution in [2.75, 3.05) is 34.4 Å². The minimum Gasteiger partial charge on any atom is -0.493 e. The maximum absolute atomic E-state index is 11.4. The number of benzene rings is 1. The number of methoxy groups -OCH3 is 3. The van der Waals surface area contributed by atoms with E-state index in [-0.39, 0.29) is 5.97 Å². The molecule has 120 valence electrons. The van der Waals surface area contributed by atoms with Crippen molar-refractivity contribution in [2.45, 2.75) is 19.3 Å². The van der Waals surface area contributed by atoms with Crippen LogP contribution < -0.4 is 9.47 Å². The van der Waals surface area contributed by atoms with Gasteiger partial charge in [-0.3, -0.25) is 0 Å². The van der Waals surface area contributed by atoms with Crippen LogP contribution in [0.2, 0.25) is 0 Å². The summed E-state index contributed by atoms with van der Waals surface area (Å²) in [5, 5.41) is 0. The van der Waals surface area contributed by atoms with Crippen LogP contribution in [0.25, 0.3) is 0 Å². The zero-order valence-corrected chi connectivity index (χ0v) is 13.4. The lowest BCUT2D eigenvalue weighted by molar-refractivity contribution is -0.134. The van der Waals surface area contributed by atoms with Crippen molar-refractivity contribution in [3.63, 3.8) is 0 Å². The highest BCUT2D eigenvalue weighted by Gasteiger charge is 2.18. The molecule has 1 heterocycles. The molecule has 1 aromatic carbocycles. The summed E-state index contributed by atoms with van der Waals surface area (Å²) in [5.74, 6) is 1.19. The first kappa shape index (κ1) is 16.2. The Morgan fingerprint density at radius 2 is 2.00 bits per heavy atom. The number of carbonyl (C=O) groups excluding carboxylic acids is 1. The lowest BCUT2D eigenvalue weighted by Gasteiger charge is -2.20. The predicted molar refractivity (Wildman–Crippen MR) is 84.2 cm³/mol. The Bertz CT molecular complexity index is 554. The van der Waals surface area contributed by atoms with E-state index in [9.17, 15) is 4.79 Å². The number of likely N-dealkylation sites (tertiary alicyclic amines) is 1. The Hall–Kier alpha value is -2.17. The van der Waals surface area contributed by atoms with E-state index in [1.165, 1.54) is 12.7 Å². The van der Waals surface area contributed by atoms with Crippen molar-refractivity contribution in [3.05, 3.63) is 35.5 Å². The summed E-state index contributed by atoms with van der Waals surface area (Å²) in [7, 11) is 4.67. The first-order chi connectivity index (χ1) is 10.7. The Balaban J connectivity index is 2.00. The molecule has 1 fully saturated rings. The van der Waals surface area contributed by atoms with Crippen molar-refractivity contribution in [2.24, 2.45) is 0 Å². The van der Waals surface area contributed by atoms with Gasteiger partial charge in [0, 0.05) is 24.9 Å². The predicted octanol–water partition coefficient (Wildman–Crippen LogP) is 2.40. The Labute approximate surface area is 131 Å². The average molecular weight is 305 g/mol. The smallest absolute Gasteiger partial charge is 0.332 e. The third-order valence-corrected chi connectivity index (χ3v) is 3.87. The molecule has 0 atom stereocenters. The van der Waals surface area contributed by atoms with Crippen LogP contribution in [0.15, 0.2) is 30.0 Å². The Morgan fingerprint density at radius 3 is 2.68 bits per heavy atom. The molecule has 1 aromatic rings. The van der Waals surface area contributed by atoms with E-state index in [0.717, 1.165) is 49.5 Å². The van der Waals surface area contributed by atoms with Crippen LogP contribution in [-0.4, -0.2) is 45.3 Å². The van der Waals surface area contributed by atoms with Crippen LogP contribution in [0.4, 0.5) is 0 Å². The zero-order valence-electron chi connectivity index (χ0n) is 13.4. The molecule has 5 nitrogen and oxygen atoms in total. The molecular formula is C17H23NO4. The monoisotopic (exact) mass is 305 g/mol. The number of allylic oxidation sites excluding steroid dienone is 1. The first-order valence-corrected chi connectivity index (χ1v) is 7.42. The van der Waals surface area contributed by atoms with Crippen molar-refractivity contribution in [1.29, 1.82) is 0 Å². The molecule has 2 rings (SSSR count). The number of carbonyl (C=O) groups is 1. The SMILES string of the molecule is COC(=O)C=C1CCCN1CCc1ccc(OC)c(OC)c1. The van der Waals surface area contributed by atoms with Gasteiger partial charge in [-0.05, 0) is 37.0 Å². The van der Waals surface area contributed by atoms with Gasteiger partial charge in [-0.1, -0.05) is 6.07 Å². The zero-order chi connectivity index (χ0) is 15.9. The summed E-state index contributed by atoms with van der Waals surface area (Å²) in [5.41, 5.74) is 2.24. The Kier molecular flexibility index (Phi) is 5.69. The van der Waals surface area contributed by atoms with E-state index in [1.807, 2.05) is 18.2 Å². The van der Waals surface area contributed by atoms with E-state index >= 15 is 0 Å². The van der Waals surface area contributed by atoms with Crippen LogP contribution in [0.3, 0.4) is 0 Å². The molecule has 0 bridgehead atoms. The minimum atomic E-state index is -0.284. The normalized spacial score (nSPS) is 16.0. The van der Waals surface area contributed by atoms with Gasteiger partial charge in [0.05, 0.1) is 21.3 Å². The number of esters is 1.